The molecule has 3 nitrogen and oxygen atoms in total. The molecule has 0 radical (unpaired) electrons. The Morgan fingerprint density at radius 1 is 0.481 bits per heavy atom. The molecular formula is C49H33N3. The minimum absolute atomic E-state index is 0.637. The van der Waals surface area contributed by atoms with Crippen molar-refractivity contribution in [3.63, 3.8) is 0 Å². The Bertz CT molecular complexity index is 2740. The van der Waals surface area contributed by atoms with Gasteiger partial charge in [0.15, 0.2) is 0 Å². The highest BCUT2D eigenvalue weighted by Crippen LogP contribution is 2.48. The van der Waals surface area contributed by atoms with Gasteiger partial charge in [-0.25, -0.2) is 0 Å². The summed E-state index contributed by atoms with van der Waals surface area (Å²) in [6.07, 6.45) is 1.05. The summed E-state index contributed by atoms with van der Waals surface area (Å²) in [4.78, 5) is 4.86. The van der Waals surface area contributed by atoms with Crippen LogP contribution in [0.15, 0.2) is 176 Å². The van der Waals surface area contributed by atoms with Crippen LogP contribution in [0.5, 0.6) is 0 Å². The third-order valence-electron chi connectivity index (χ3n) is 10.7. The molecule has 0 aliphatic carbocycles. The molecule has 0 bridgehead atoms. The molecule has 10 rings (SSSR count). The average molecular weight is 664 g/mol. The van der Waals surface area contributed by atoms with Gasteiger partial charge in [0, 0.05) is 40.1 Å². The van der Waals surface area contributed by atoms with E-state index in [0.717, 1.165) is 52.3 Å². The lowest BCUT2D eigenvalue weighted by molar-refractivity contribution is 1.00. The highest BCUT2D eigenvalue weighted by Gasteiger charge is 2.24. The van der Waals surface area contributed by atoms with Gasteiger partial charge in [-0.05, 0) is 116 Å². The van der Waals surface area contributed by atoms with Gasteiger partial charge in [0.1, 0.15) is 0 Å². The minimum Gasteiger partial charge on any atom is -0.340 e. The fourth-order valence-electron chi connectivity index (χ4n) is 8.24. The maximum absolute atomic E-state index is 9.71. The molecule has 0 fully saturated rings. The minimum atomic E-state index is 0.637. The summed E-state index contributed by atoms with van der Waals surface area (Å²) in [6.45, 7) is 0.975. The van der Waals surface area contributed by atoms with E-state index in [-0.39, 0.29) is 0 Å². The summed E-state index contributed by atoms with van der Waals surface area (Å²) in [5.74, 6) is 0. The van der Waals surface area contributed by atoms with Crippen molar-refractivity contribution in [2.75, 3.05) is 16.3 Å². The van der Waals surface area contributed by atoms with Crippen LogP contribution in [0.2, 0.25) is 0 Å². The van der Waals surface area contributed by atoms with Gasteiger partial charge >= 0.3 is 0 Å². The van der Waals surface area contributed by atoms with E-state index in [9.17, 15) is 5.26 Å². The molecule has 9 aromatic rings. The van der Waals surface area contributed by atoms with Gasteiger partial charge < -0.3 is 9.80 Å². The first-order valence-electron chi connectivity index (χ1n) is 17.9. The highest BCUT2D eigenvalue weighted by molar-refractivity contribution is 6.28. The molecule has 0 saturated carbocycles. The summed E-state index contributed by atoms with van der Waals surface area (Å²) in [5.41, 5.74) is 12.3. The monoisotopic (exact) mass is 663 g/mol. The van der Waals surface area contributed by atoms with Crippen molar-refractivity contribution in [1.29, 1.82) is 5.26 Å². The fourth-order valence-corrected chi connectivity index (χ4v) is 8.24. The van der Waals surface area contributed by atoms with Crippen LogP contribution in [0.1, 0.15) is 11.1 Å². The van der Waals surface area contributed by atoms with Gasteiger partial charge in [-0.15, -0.1) is 0 Å². The molecule has 0 N–H and O–H groups in total. The Balaban J connectivity index is 1.23. The van der Waals surface area contributed by atoms with E-state index in [0.29, 0.717) is 5.56 Å². The molecule has 0 spiro atoms. The lowest BCUT2D eigenvalue weighted by Gasteiger charge is -2.29. The molecule has 244 valence electrons. The van der Waals surface area contributed by atoms with E-state index in [4.69, 9.17) is 0 Å². The van der Waals surface area contributed by atoms with Crippen LogP contribution >= 0.6 is 0 Å². The lowest BCUT2D eigenvalue weighted by Crippen LogP contribution is -2.13. The summed E-state index contributed by atoms with van der Waals surface area (Å²) >= 11 is 0. The van der Waals surface area contributed by atoms with Gasteiger partial charge in [-0.3, -0.25) is 0 Å². The van der Waals surface area contributed by atoms with E-state index in [1.807, 2.05) is 12.1 Å². The third kappa shape index (κ3) is 4.88. The second kappa shape index (κ2) is 12.2. The third-order valence-corrected chi connectivity index (χ3v) is 10.7. The zero-order valence-corrected chi connectivity index (χ0v) is 28.5. The molecule has 52 heavy (non-hydrogen) atoms. The van der Waals surface area contributed by atoms with Crippen LogP contribution in [0.3, 0.4) is 0 Å². The maximum Gasteiger partial charge on any atom is 0.0991 e. The molecule has 1 aliphatic heterocycles. The van der Waals surface area contributed by atoms with Gasteiger partial charge in [0.25, 0.3) is 0 Å². The van der Waals surface area contributed by atoms with E-state index in [2.05, 4.69) is 180 Å². The number of hydrogen-bond acceptors (Lipinski definition) is 3. The fraction of sp³-hybridized carbons (Fsp3) is 0.0408. The van der Waals surface area contributed by atoms with Crippen molar-refractivity contribution >= 4 is 60.8 Å². The van der Waals surface area contributed by atoms with Crippen molar-refractivity contribution in [1.82, 2.24) is 0 Å². The molecule has 3 heteroatoms. The SMILES string of the molecule is N#Cc1ccc(N(c2cc(-c3ccccc3)cc(-c3ccccc3)c2)c2ccc3ccc4c(N5CCc6ccccc65)ccc5ccc2c3c54)cc1. The van der Waals surface area contributed by atoms with Crippen LogP contribution in [-0.2, 0) is 6.42 Å². The molecule has 1 heterocycles. The average Bonchev–Trinajstić information content (AvgIpc) is 3.65. The second-order valence-corrected chi connectivity index (χ2v) is 13.6. The summed E-state index contributed by atoms with van der Waals surface area (Å²) in [7, 11) is 0. The molecule has 0 atom stereocenters. The Morgan fingerprint density at radius 2 is 1.08 bits per heavy atom. The molecule has 0 aromatic heterocycles. The molecule has 0 saturated heterocycles. The van der Waals surface area contributed by atoms with E-state index in [1.54, 1.807) is 0 Å². The zero-order valence-electron chi connectivity index (χ0n) is 28.5. The largest absolute Gasteiger partial charge is 0.340 e. The smallest absolute Gasteiger partial charge is 0.0991 e. The summed E-state index contributed by atoms with van der Waals surface area (Å²) in [6, 6.07) is 65.4. The van der Waals surface area contributed by atoms with Crippen molar-refractivity contribution < 1.29 is 0 Å². The second-order valence-electron chi connectivity index (χ2n) is 13.6. The number of nitrogens with zero attached hydrogens (tertiary/aromatic N) is 3. The van der Waals surface area contributed by atoms with Crippen molar-refractivity contribution in [2.45, 2.75) is 6.42 Å². The number of nitriles is 1. The first-order chi connectivity index (χ1) is 25.7. The number of rotatable bonds is 6. The summed E-state index contributed by atoms with van der Waals surface area (Å²) < 4.78 is 0. The number of hydrogen-bond donors (Lipinski definition) is 0. The Morgan fingerprint density at radius 3 is 1.77 bits per heavy atom. The van der Waals surface area contributed by atoms with Crippen LogP contribution in [0.4, 0.5) is 28.4 Å². The predicted octanol–water partition coefficient (Wildman–Crippen LogP) is 13.0. The van der Waals surface area contributed by atoms with Crippen molar-refractivity contribution in [2.24, 2.45) is 0 Å². The molecule has 9 aromatic carbocycles. The van der Waals surface area contributed by atoms with Crippen molar-refractivity contribution in [3.8, 4) is 28.3 Å². The van der Waals surface area contributed by atoms with Crippen LogP contribution in [0, 0.1) is 11.3 Å². The molecule has 1 aliphatic rings. The Labute approximate surface area is 303 Å². The Kier molecular flexibility index (Phi) is 7.01. The van der Waals surface area contributed by atoms with Gasteiger partial charge in [-0.1, -0.05) is 115 Å². The standard InChI is InChI=1S/C49H33N3/c50-32-33-15-21-41(22-16-33)52(42-30-39(34-9-3-1-4-10-34)29-40(31-42)35-11-5-2-6-12-35)47-26-20-38-17-23-43-46(51-28-27-36-13-7-8-14-45(36)51)25-19-37-18-24-44(47)49(38)48(37)43/h1-26,29-31H,27-28H2. The number of benzene rings is 9. The van der Waals surface area contributed by atoms with E-state index in [1.165, 1.54) is 49.3 Å². The van der Waals surface area contributed by atoms with Crippen LogP contribution in [0.25, 0.3) is 54.6 Å². The van der Waals surface area contributed by atoms with Gasteiger partial charge in [0.2, 0.25) is 0 Å². The first-order valence-corrected chi connectivity index (χ1v) is 17.9. The number of anilines is 5. The quantitative estimate of drug-likeness (QED) is 0.166. The van der Waals surface area contributed by atoms with Crippen molar-refractivity contribution in [3.05, 3.63) is 187 Å². The van der Waals surface area contributed by atoms with Crippen LogP contribution < -0.4 is 9.80 Å². The van der Waals surface area contributed by atoms with Crippen LogP contribution in [-0.4, -0.2) is 6.54 Å². The topological polar surface area (TPSA) is 30.3 Å². The van der Waals surface area contributed by atoms with Gasteiger partial charge in [0.05, 0.1) is 17.3 Å². The Hall–Kier alpha value is -6.89. The molecular weight excluding hydrogens is 631 g/mol. The molecule has 0 amide bonds. The van der Waals surface area contributed by atoms with Gasteiger partial charge in [-0.2, -0.15) is 5.26 Å². The predicted molar refractivity (Wildman–Crippen MR) is 218 cm³/mol. The molecule has 0 unspecified atom stereocenters. The maximum atomic E-state index is 9.71. The van der Waals surface area contributed by atoms with E-state index < -0.39 is 0 Å². The highest BCUT2D eigenvalue weighted by atomic mass is 15.2. The number of para-hydroxylation sites is 1. The lowest BCUT2D eigenvalue weighted by atomic mass is 9.91. The summed E-state index contributed by atoms with van der Waals surface area (Å²) in [5, 5.41) is 17.2. The number of fused-ring (bicyclic) bond motifs is 1. The zero-order chi connectivity index (χ0) is 34.6. The first kappa shape index (κ1) is 30.0. The normalized spacial score (nSPS) is 12.4. The van der Waals surface area contributed by atoms with E-state index >= 15 is 0 Å².